The molecule has 0 aliphatic heterocycles. The number of rotatable bonds is 11. The van der Waals surface area contributed by atoms with Crippen LogP contribution in [0.1, 0.15) is 58.4 Å². The monoisotopic (exact) mass is 802 g/mol. The number of hydrogen-bond acceptors (Lipinski definition) is 2. The van der Waals surface area contributed by atoms with Crippen molar-refractivity contribution in [1.29, 1.82) is 0 Å². The zero-order valence-electron chi connectivity index (χ0n) is 36.7. The normalized spacial score (nSPS) is 11.9. The molecule has 0 spiro atoms. The first-order chi connectivity index (χ1) is 30.5. The minimum Gasteiger partial charge on any atom is -0.228 e. The first-order valence-corrected chi connectivity index (χ1v) is 21.7. The Morgan fingerprint density at radius 3 is 1.48 bits per heavy atom. The topological polar surface area (TPSA) is 25.8 Å². The summed E-state index contributed by atoms with van der Waals surface area (Å²) in [6.45, 7) is 12.4. The molecule has 0 saturated carbocycles. The molecule has 0 atom stereocenters. The van der Waals surface area contributed by atoms with Gasteiger partial charge in [-0.05, 0) is 125 Å². The van der Waals surface area contributed by atoms with Crippen LogP contribution in [-0.4, -0.2) is 9.97 Å². The maximum Gasteiger partial charge on any atom is 0.160 e. The molecule has 0 saturated heterocycles. The Morgan fingerprint density at radius 1 is 0.403 bits per heavy atom. The third kappa shape index (κ3) is 9.78. The highest BCUT2D eigenvalue weighted by Gasteiger charge is 2.17. The molecule has 0 aliphatic rings. The van der Waals surface area contributed by atoms with Crippen LogP contribution in [0.2, 0.25) is 0 Å². The van der Waals surface area contributed by atoms with Gasteiger partial charge in [-0.3, -0.25) is 0 Å². The van der Waals surface area contributed by atoms with Crippen molar-refractivity contribution < 1.29 is 0 Å². The minimum atomic E-state index is 0.686. The van der Waals surface area contributed by atoms with Crippen LogP contribution in [0.3, 0.4) is 0 Å². The van der Waals surface area contributed by atoms with Gasteiger partial charge in [0, 0.05) is 16.7 Å². The minimum absolute atomic E-state index is 0.686. The van der Waals surface area contributed by atoms with E-state index in [4.69, 9.17) is 9.97 Å². The van der Waals surface area contributed by atoms with E-state index in [9.17, 15) is 0 Å². The molecule has 8 rings (SSSR count). The van der Waals surface area contributed by atoms with Gasteiger partial charge in [-0.15, -0.1) is 0 Å². The summed E-state index contributed by atoms with van der Waals surface area (Å²) in [6, 6.07) is 66.8. The number of aromatic nitrogens is 2. The molecule has 2 heteroatoms. The van der Waals surface area contributed by atoms with E-state index in [2.05, 4.69) is 228 Å². The molecule has 0 aliphatic carbocycles. The molecule has 2 nitrogen and oxygen atoms in total. The lowest BCUT2D eigenvalue weighted by Crippen LogP contribution is -2.00. The average molecular weight is 803 g/mol. The van der Waals surface area contributed by atoms with Crippen LogP contribution in [0.4, 0.5) is 0 Å². The molecule has 8 aromatic rings. The Labute approximate surface area is 369 Å². The van der Waals surface area contributed by atoms with E-state index < -0.39 is 0 Å². The van der Waals surface area contributed by atoms with Crippen molar-refractivity contribution in [3.05, 3.63) is 235 Å². The van der Waals surface area contributed by atoms with Gasteiger partial charge >= 0.3 is 0 Å². The third-order valence-corrected chi connectivity index (χ3v) is 10.9. The lowest BCUT2D eigenvalue weighted by molar-refractivity contribution is 1.16. The van der Waals surface area contributed by atoms with Gasteiger partial charge in [0.2, 0.25) is 0 Å². The average Bonchev–Trinajstić information content (AvgIpc) is 3.36. The van der Waals surface area contributed by atoms with E-state index in [0.717, 1.165) is 55.9 Å². The Bertz CT molecular complexity index is 2890. The van der Waals surface area contributed by atoms with Gasteiger partial charge in [-0.1, -0.05) is 202 Å². The summed E-state index contributed by atoms with van der Waals surface area (Å²) in [5.74, 6) is 0.686. The second kappa shape index (κ2) is 20.7. The van der Waals surface area contributed by atoms with Gasteiger partial charge in [-0.25, -0.2) is 9.97 Å². The van der Waals surface area contributed by atoms with Crippen molar-refractivity contribution >= 4 is 16.7 Å². The summed E-state index contributed by atoms with van der Waals surface area (Å²) in [5, 5.41) is 0. The van der Waals surface area contributed by atoms with E-state index in [1.165, 1.54) is 39.0 Å². The second-order valence-electron chi connectivity index (χ2n) is 14.8. The van der Waals surface area contributed by atoms with Crippen molar-refractivity contribution in [1.82, 2.24) is 9.97 Å². The Balaban J connectivity index is 0.00000285. The molecule has 0 bridgehead atoms. The first-order valence-electron chi connectivity index (χ1n) is 21.7. The van der Waals surface area contributed by atoms with Gasteiger partial charge in [0.15, 0.2) is 5.82 Å². The Kier molecular flexibility index (Phi) is 14.3. The van der Waals surface area contributed by atoms with Crippen LogP contribution in [0.5, 0.6) is 0 Å². The van der Waals surface area contributed by atoms with Gasteiger partial charge in [0.05, 0.1) is 11.4 Å². The summed E-state index contributed by atoms with van der Waals surface area (Å²) in [7, 11) is 0. The maximum atomic E-state index is 5.29. The molecule has 7 aromatic carbocycles. The van der Waals surface area contributed by atoms with Gasteiger partial charge < -0.3 is 0 Å². The molecular formula is C60H54N2. The molecule has 0 N–H and O–H groups in total. The van der Waals surface area contributed by atoms with Crippen LogP contribution in [0.15, 0.2) is 218 Å². The second-order valence-corrected chi connectivity index (χ2v) is 14.8. The summed E-state index contributed by atoms with van der Waals surface area (Å²) >= 11 is 0. The summed E-state index contributed by atoms with van der Waals surface area (Å²) < 4.78 is 0. The summed E-state index contributed by atoms with van der Waals surface area (Å²) in [5.41, 5.74) is 18.8. The van der Waals surface area contributed by atoms with E-state index in [-0.39, 0.29) is 0 Å². The third-order valence-electron chi connectivity index (χ3n) is 10.9. The molecule has 304 valence electrons. The highest BCUT2D eigenvalue weighted by atomic mass is 14.9. The molecule has 1 aromatic heterocycles. The molecule has 0 unspecified atom stereocenters. The Morgan fingerprint density at radius 2 is 0.871 bits per heavy atom. The molecular weight excluding hydrogens is 749 g/mol. The smallest absolute Gasteiger partial charge is 0.160 e. The summed E-state index contributed by atoms with van der Waals surface area (Å²) in [6.07, 6.45) is 10.7. The van der Waals surface area contributed by atoms with E-state index in [1.54, 1.807) is 0 Å². The molecule has 0 fully saturated rings. The SMILES string of the molecule is C/C=C\C(=C(/C)c1cccc(-c2cccc(-c3ccccc3)c2)c1)c1cc(-c2ccccc2-c2cccc(-c3cccc(C(/C=C\C)=C/C)c3)c2)nc(-c2ccccc2)n1.CC. The van der Waals surface area contributed by atoms with E-state index in [0.29, 0.717) is 5.82 Å². The van der Waals surface area contributed by atoms with Gasteiger partial charge in [0.25, 0.3) is 0 Å². The van der Waals surface area contributed by atoms with E-state index in [1.807, 2.05) is 32.0 Å². The van der Waals surface area contributed by atoms with Crippen LogP contribution >= 0.6 is 0 Å². The fourth-order valence-electron chi connectivity index (χ4n) is 7.85. The van der Waals surface area contributed by atoms with Gasteiger partial charge in [0.1, 0.15) is 0 Å². The molecule has 62 heavy (non-hydrogen) atoms. The number of nitrogens with zero attached hydrogens (tertiary/aromatic N) is 2. The maximum absolute atomic E-state index is 5.29. The highest BCUT2D eigenvalue weighted by Crippen LogP contribution is 2.38. The quantitative estimate of drug-likeness (QED) is 0.122. The number of hydrogen-bond donors (Lipinski definition) is 0. The number of benzene rings is 7. The fraction of sp³-hybridized carbons (Fsp3) is 0.100. The van der Waals surface area contributed by atoms with E-state index >= 15 is 0 Å². The lowest BCUT2D eigenvalue weighted by atomic mass is 9.92. The lowest BCUT2D eigenvalue weighted by Gasteiger charge is -2.16. The fourth-order valence-corrected chi connectivity index (χ4v) is 7.85. The predicted octanol–water partition coefficient (Wildman–Crippen LogP) is 17.0. The zero-order valence-corrected chi connectivity index (χ0v) is 36.7. The standard InChI is InChI=1S/C58H48N2.C2H6/c1-5-20-42(7-3)46-27-17-30-49(37-46)51-32-19-33-52(39-51)54-34-14-15-35-55(54)57-40-56(59-58(60-57)44-24-12-9-13-25-44)53(21-6-2)41(4)45-26-16-29-48(36-45)50-31-18-28-47(38-50)43-22-10-8-11-23-43;1-2/h5-40H,1-4H3;1-2H3/b20-5-,21-6-,42-7+,53-41-;. The van der Waals surface area contributed by atoms with Crippen LogP contribution in [0.25, 0.3) is 83.9 Å². The van der Waals surface area contributed by atoms with Crippen molar-refractivity contribution in [2.45, 2.75) is 41.5 Å². The first kappa shape index (κ1) is 42.7. The molecule has 0 amide bonds. The van der Waals surface area contributed by atoms with Crippen molar-refractivity contribution in [3.8, 4) is 67.2 Å². The van der Waals surface area contributed by atoms with Crippen molar-refractivity contribution in [2.75, 3.05) is 0 Å². The number of allylic oxidation sites excluding steroid dienone is 8. The van der Waals surface area contributed by atoms with Crippen LogP contribution in [0, 0.1) is 0 Å². The Hall–Kier alpha value is -7.42. The van der Waals surface area contributed by atoms with Crippen molar-refractivity contribution in [2.24, 2.45) is 0 Å². The summed E-state index contributed by atoms with van der Waals surface area (Å²) in [4.78, 5) is 10.6. The molecule has 0 radical (unpaired) electrons. The van der Waals surface area contributed by atoms with Gasteiger partial charge in [-0.2, -0.15) is 0 Å². The van der Waals surface area contributed by atoms with Crippen LogP contribution < -0.4 is 0 Å². The predicted molar refractivity (Wildman–Crippen MR) is 268 cm³/mol. The largest absolute Gasteiger partial charge is 0.228 e. The highest BCUT2D eigenvalue weighted by molar-refractivity contribution is 5.96. The molecule has 1 heterocycles. The zero-order chi connectivity index (χ0) is 43.3. The van der Waals surface area contributed by atoms with Crippen molar-refractivity contribution in [3.63, 3.8) is 0 Å². The van der Waals surface area contributed by atoms with Crippen LogP contribution in [-0.2, 0) is 0 Å².